The van der Waals surface area contributed by atoms with E-state index in [1.807, 2.05) is 24.3 Å². The van der Waals surface area contributed by atoms with Crippen LogP contribution >= 0.6 is 27.7 Å². The van der Waals surface area contributed by atoms with Crippen LogP contribution in [0.15, 0.2) is 50.8 Å². The number of aliphatic imine (C=N–C) groups is 1. The van der Waals surface area contributed by atoms with Crippen molar-refractivity contribution in [3.05, 3.63) is 51.3 Å². The maximum absolute atomic E-state index is 12.3. The van der Waals surface area contributed by atoms with Gasteiger partial charge in [0.1, 0.15) is 0 Å². The molecule has 1 saturated heterocycles. The molecule has 2 aromatic rings. The van der Waals surface area contributed by atoms with E-state index >= 15 is 0 Å². The Balaban J connectivity index is 1.90. The Hall–Kier alpha value is -2.45. The van der Waals surface area contributed by atoms with E-state index in [0.29, 0.717) is 27.3 Å². The molecule has 0 radical (unpaired) electrons. The van der Waals surface area contributed by atoms with Crippen LogP contribution in [0.5, 0.6) is 17.2 Å². The Morgan fingerprint density at radius 3 is 2.37 bits per heavy atom. The van der Waals surface area contributed by atoms with Gasteiger partial charge in [-0.15, -0.1) is 0 Å². The van der Waals surface area contributed by atoms with Gasteiger partial charge in [-0.3, -0.25) is 4.79 Å². The molecule has 1 aliphatic heterocycles. The largest absolute Gasteiger partial charge is 0.493 e. The molecule has 140 valence electrons. The molecule has 27 heavy (non-hydrogen) atoms. The molecule has 8 heteroatoms. The maximum atomic E-state index is 12.3. The SMILES string of the molecule is COc1cc(/C=C2\SC(=Nc3cccc(Br)c3)NC2=O)cc(OC)c1OC. The average Bonchev–Trinajstić information content (AvgIpc) is 2.99. The number of amides is 1. The fourth-order valence-corrected chi connectivity index (χ4v) is 3.71. The number of benzene rings is 2. The third kappa shape index (κ3) is 4.45. The molecule has 6 nitrogen and oxygen atoms in total. The monoisotopic (exact) mass is 448 g/mol. The highest BCUT2D eigenvalue weighted by Gasteiger charge is 2.24. The van der Waals surface area contributed by atoms with E-state index < -0.39 is 0 Å². The van der Waals surface area contributed by atoms with Gasteiger partial charge in [0.05, 0.1) is 31.9 Å². The first-order valence-corrected chi connectivity index (χ1v) is 9.50. The molecule has 2 aromatic carbocycles. The summed E-state index contributed by atoms with van der Waals surface area (Å²) in [6, 6.07) is 11.1. The lowest BCUT2D eigenvalue weighted by Crippen LogP contribution is -2.19. The van der Waals surface area contributed by atoms with Crippen LogP contribution in [0.2, 0.25) is 0 Å². The number of nitrogens with one attached hydrogen (secondary N) is 1. The number of ether oxygens (including phenoxy) is 3. The van der Waals surface area contributed by atoms with Crippen LogP contribution in [-0.4, -0.2) is 32.4 Å². The number of hydrogen-bond acceptors (Lipinski definition) is 6. The van der Waals surface area contributed by atoms with Crippen LogP contribution < -0.4 is 19.5 Å². The van der Waals surface area contributed by atoms with E-state index in [2.05, 4.69) is 26.2 Å². The summed E-state index contributed by atoms with van der Waals surface area (Å²) in [6.07, 6.45) is 1.76. The first-order valence-electron chi connectivity index (χ1n) is 7.89. The third-order valence-corrected chi connectivity index (χ3v) is 5.08. The fraction of sp³-hybridized carbons (Fsp3) is 0.158. The van der Waals surface area contributed by atoms with Crippen LogP contribution in [0, 0.1) is 0 Å². The minimum absolute atomic E-state index is 0.206. The fourth-order valence-electron chi connectivity index (χ4n) is 2.48. The summed E-state index contributed by atoms with van der Waals surface area (Å²) in [4.78, 5) is 17.3. The van der Waals surface area contributed by atoms with Gasteiger partial charge in [-0.25, -0.2) is 4.99 Å². The normalized spacial score (nSPS) is 16.5. The second kappa shape index (κ2) is 8.49. The summed E-state index contributed by atoms with van der Waals surface area (Å²) in [5.74, 6) is 1.34. The number of hydrogen-bond donors (Lipinski definition) is 1. The zero-order valence-electron chi connectivity index (χ0n) is 14.9. The van der Waals surface area contributed by atoms with Crippen LogP contribution in [0.3, 0.4) is 0 Å². The number of nitrogens with zero attached hydrogens (tertiary/aromatic N) is 1. The van der Waals surface area contributed by atoms with E-state index in [-0.39, 0.29) is 5.91 Å². The van der Waals surface area contributed by atoms with Crippen molar-refractivity contribution in [1.82, 2.24) is 5.32 Å². The average molecular weight is 449 g/mol. The highest BCUT2D eigenvalue weighted by molar-refractivity contribution is 9.10. The van der Waals surface area contributed by atoms with Crippen molar-refractivity contribution in [1.29, 1.82) is 0 Å². The standard InChI is InChI=1S/C19H17BrN2O4S/c1-24-14-7-11(8-15(25-2)17(14)26-3)9-16-18(23)22-19(27-16)21-13-6-4-5-12(20)10-13/h4-10H,1-3H3,(H,21,22,23)/b16-9-. The summed E-state index contributed by atoms with van der Waals surface area (Å²) in [5, 5.41) is 3.30. The van der Waals surface area contributed by atoms with Crippen LogP contribution in [0.25, 0.3) is 6.08 Å². The van der Waals surface area contributed by atoms with E-state index in [9.17, 15) is 4.79 Å². The van der Waals surface area contributed by atoms with Crippen LogP contribution in [0.4, 0.5) is 5.69 Å². The molecule has 1 heterocycles. The lowest BCUT2D eigenvalue weighted by molar-refractivity contribution is -0.115. The summed E-state index contributed by atoms with van der Waals surface area (Å²) >= 11 is 4.68. The minimum atomic E-state index is -0.206. The van der Waals surface area contributed by atoms with E-state index in [1.165, 1.54) is 11.8 Å². The van der Waals surface area contributed by atoms with Gasteiger partial charge in [-0.2, -0.15) is 0 Å². The van der Waals surface area contributed by atoms with E-state index in [0.717, 1.165) is 15.7 Å². The quantitative estimate of drug-likeness (QED) is 0.687. The molecule has 1 fully saturated rings. The predicted molar refractivity (Wildman–Crippen MR) is 111 cm³/mol. The van der Waals surface area contributed by atoms with Gasteiger partial charge in [0.25, 0.3) is 5.91 Å². The zero-order valence-corrected chi connectivity index (χ0v) is 17.3. The second-order valence-electron chi connectivity index (χ2n) is 5.42. The van der Waals surface area contributed by atoms with Gasteiger partial charge in [0.15, 0.2) is 16.7 Å². The number of methoxy groups -OCH3 is 3. The molecule has 0 aromatic heterocycles. The maximum Gasteiger partial charge on any atom is 0.264 e. The highest BCUT2D eigenvalue weighted by atomic mass is 79.9. The van der Waals surface area contributed by atoms with Gasteiger partial charge in [0, 0.05) is 4.47 Å². The summed E-state index contributed by atoms with van der Waals surface area (Å²) in [7, 11) is 4.64. The molecule has 1 aliphatic rings. The van der Waals surface area contributed by atoms with Gasteiger partial charge in [-0.05, 0) is 53.7 Å². The molecule has 0 atom stereocenters. The first kappa shape index (κ1) is 19.3. The molecular weight excluding hydrogens is 432 g/mol. The van der Waals surface area contributed by atoms with Crippen molar-refractivity contribution < 1.29 is 19.0 Å². The molecule has 0 bridgehead atoms. The van der Waals surface area contributed by atoms with Gasteiger partial charge < -0.3 is 19.5 Å². The van der Waals surface area contributed by atoms with Crippen molar-refractivity contribution >= 4 is 50.5 Å². The Labute approximate surface area is 169 Å². The molecule has 0 unspecified atom stereocenters. The summed E-state index contributed by atoms with van der Waals surface area (Å²) in [6.45, 7) is 0. The Bertz CT molecular complexity index is 918. The number of carbonyl (C=O) groups is 1. The summed E-state index contributed by atoms with van der Waals surface area (Å²) in [5.41, 5.74) is 1.51. The van der Waals surface area contributed by atoms with Crippen molar-refractivity contribution in [2.24, 2.45) is 4.99 Å². The predicted octanol–water partition coefficient (Wildman–Crippen LogP) is 4.37. The smallest absolute Gasteiger partial charge is 0.264 e. The topological polar surface area (TPSA) is 69.2 Å². The lowest BCUT2D eigenvalue weighted by atomic mass is 10.1. The van der Waals surface area contributed by atoms with Crippen molar-refractivity contribution in [2.75, 3.05) is 21.3 Å². The number of amidine groups is 1. The highest BCUT2D eigenvalue weighted by Crippen LogP contribution is 2.39. The summed E-state index contributed by atoms with van der Waals surface area (Å²) < 4.78 is 16.9. The number of thioether (sulfide) groups is 1. The van der Waals surface area contributed by atoms with Gasteiger partial charge >= 0.3 is 0 Å². The molecule has 0 saturated carbocycles. The molecule has 1 amide bonds. The number of rotatable bonds is 5. The Kier molecular flexibility index (Phi) is 6.08. The van der Waals surface area contributed by atoms with E-state index in [1.54, 1.807) is 39.5 Å². The number of carbonyl (C=O) groups excluding carboxylic acids is 1. The van der Waals surface area contributed by atoms with Crippen LogP contribution in [0.1, 0.15) is 5.56 Å². The molecule has 0 aliphatic carbocycles. The minimum Gasteiger partial charge on any atom is -0.493 e. The molecule has 3 rings (SSSR count). The van der Waals surface area contributed by atoms with E-state index in [4.69, 9.17) is 14.2 Å². The second-order valence-corrected chi connectivity index (χ2v) is 7.37. The van der Waals surface area contributed by atoms with Gasteiger partial charge in [-0.1, -0.05) is 22.0 Å². The number of halogens is 1. The Morgan fingerprint density at radius 2 is 1.78 bits per heavy atom. The zero-order chi connectivity index (χ0) is 19.4. The molecule has 1 N–H and O–H groups in total. The molecular formula is C19H17BrN2O4S. The van der Waals surface area contributed by atoms with Crippen molar-refractivity contribution in [3.63, 3.8) is 0 Å². The first-order chi connectivity index (χ1) is 13.0. The van der Waals surface area contributed by atoms with Crippen molar-refractivity contribution in [3.8, 4) is 17.2 Å². The van der Waals surface area contributed by atoms with Crippen molar-refractivity contribution in [2.45, 2.75) is 0 Å². The van der Waals surface area contributed by atoms with Gasteiger partial charge in [0.2, 0.25) is 5.75 Å². The molecule has 0 spiro atoms. The Morgan fingerprint density at radius 1 is 1.07 bits per heavy atom. The third-order valence-electron chi connectivity index (χ3n) is 3.67. The lowest BCUT2D eigenvalue weighted by Gasteiger charge is -2.12. The van der Waals surface area contributed by atoms with Crippen LogP contribution in [-0.2, 0) is 4.79 Å².